The van der Waals surface area contributed by atoms with Crippen LogP contribution in [0.3, 0.4) is 0 Å². The molecule has 0 aliphatic heterocycles. The molecule has 21 heavy (non-hydrogen) atoms. The van der Waals surface area contributed by atoms with Crippen molar-refractivity contribution in [2.24, 2.45) is 10.7 Å². The molecule has 5 nitrogen and oxygen atoms in total. The molecule has 1 aromatic carbocycles. The molecule has 2 N–H and O–H groups in total. The Bertz CT molecular complexity index is 569. The van der Waals surface area contributed by atoms with Crippen molar-refractivity contribution in [3.05, 3.63) is 48.3 Å². The number of para-hydroxylation sites is 1. The van der Waals surface area contributed by atoms with Crippen molar-refractivity contribution < 1.29 is 0 Å². The average molecular weight is 285 g/mol. The summed E-state index contributed by atoms with van der Waals surface area (Å²) in [5, 5.41) is 4.38. The van der Waals surface area contributed by atoms with Gasteiger partial charge in [-0.25, -0.2) is 4.68 Å². The summed E-state index contributed by atoms with van der Waals surface area (Å²) < 4.78 is 1.88. The molecular weight excluding hydrogens is 262 g/mol. The molecule has 1 aromatic heterocycles. The number of guanidine groups is 1. The van der Waals surface area contributed by atoms with Gasteiger partial charge in [0.1, 0.15) is 0 Å². The van der Waals surface area contributed by atoms with Crippen LogP contribution in [0, 0.1) is 0 Å². The maximum absolute atomic E-state index is 5.95. The fourth-order valence-electron chi connectivity index (χ4n) is 2.16. The lowest BCUT2D eigenvalue weighted by molar-refractivity contribution is 0.458. The molecule has 0 saturated carbocycles. The van der Waals surface area contributed by atoms with E-state index in [9.17, 15) is 0 Å². The van der Waals surface area contributed by atoms with Gasteiger partial charge in [-0.05, 0) is 38.0 Å². The molecular formula is C16H23N5. The lowest BCUT2D eigenvalue weighted by atomic mass is 10.2. The zero-order chi connectivity index (χ0) is 15.1. The molecule has 0 radical (unpaired) electrons. The topological polar surface area (TPSA) is 59.4 Å². The summed E-state index contributed by atoms with van der Waals surface area (Å²) in [5.41, 5.74) is 8.18. The maximum Gasteiger partial charge on any atom is 0.191 e. The van der Waals surface area contributed by atoms with Crippen LogP contribution in [0.1, 0.15) is 19.4 Å². The highest BCUT2D eigenvalue weighted by Crippen LogP contribution is 2.08. The Kier molecular flexibility index (Phi) is 5.37. The molecule has 0 saturated heterocycles. The first-order valence-corrected chi connectivity index (χ1v) is 7.38. The molecule has 0 aliphatic rings. The summed E-state index contributed by atoms with van der Waals surface area (Å²) in [6.45, 7) is 6.61. The lowest BCUT2D eigenvalue weighted by Crippen LogP contribution is -2.37. The third kappa shape index (κ3) is 4.08. The van der Waals surface area contributed by atoms with E-state index in [0.717, 1.165) is 30.8 Å². The highest BCUT2D eigenvalue weighted by Gasteiger charge is 2.03. The number of hydrogen-bond acceptors (Lipinski definition) is 2. The number of rotatable bonds is 6. The van der Waals surface area contributed by atoms with Gasteiger partial charge in [-0.2, -0.15) is 5.10 Å². The van der Waals surface area contributed by atoms with E-state index in [1.807, 2.05) is 52.3 Å². The molecule has 0 fully saturated rings. The Labute approximate surface area is 126 Å². The minimum absolute atomic E-state index is 0.621. The van der Waals surface area contributed by atoms with Gasteiger partial charge in [0.25, 0.3) is 0 Å². The zero-order valence-corrected chi connectivity index (χ0v) is 12.7. The normalized spacial score (nSPS) is 11.6. The van der Waals surface area contributed by atoms with E-state index < -0.39 is 0 Å². The van der Waals surface area contributed by atoms with Crippen LogP contribution < -0.4 is 5.73 Å². The SMILES string of the molecule is CCN(CC)C(N)=NCCc1cnn(-c2ccccc2)c1. The van der Waals surface area contributed by atoms with Crippen LogP contribution in [0.4, 0.5) is 0 Å². The predicted octanol–water partition coefficient (Wildman–Crippen LogP) is 2.07. The molecule has 0 unspecified atom stereocenters. The molecule has 112 valence electrons. The van der Waals surface area contributed by atoms with E-state index in [-0.39, 0.29) is 0 Å². The molecule has 5 heteroatoms. The number of aromatic nitrogens is 2. The highest BCUT2D eigenvalue weighted by atomic mass is 15.3. The van der Waals surface area contributed by atoms with Crippen molar-refractivity contribution >= 4 is 5.96 Å². The van der Waals surface area contributed by atoms with Crippen LogP contribution in [0.15, 0.2) is 47.7 Å². The second-order valence-corrected chi connectivity index (χ2v) is 4.79. The van der Waals surface area contributed by atoms with E-state index in [0.29, 0.717) is 12.5 Å². The summed E-state index contributed by atoms with van der Waals surface area (Å²) in [4.78, 5) is 6.48. The van der Waals surface area contributed by atoms with Gasteiger partial charge in [0.2, 0.25) is 0 Å². The summed E-state index contributed by atoms with van der Waals surface area (Å²) in [6.07, 6.45) is 4.77. The number of hydrogen-bond donors (Lipinski definition) is 1. The smallest absolute Gasteiger partial charge is 0.191 e. The van der Waals surface area contributed by atoms with Gasteiger partial charge in [0.05, 0.1) is 11.9 Å². The Morgan fingerprint density at radius 1 is 1.24 bits per heavy atom. The molecule has 0 spiro atoms. The minimum atomic E-state index is 0.621. The Morgan fingerprint density at radius 3 is 2.62 bits per heavy atom. The molecule has 0 amide bonds. The minimum Gasteiger partial charge on any atom is -0.370 e. The van der Waals surface area contributed by atoms with Crippen LogP contribution in [0.25, 0.3) is 5.69 Å². The number of nitrogens with zero attached hydrogens (tertiary/aromatic N) is 4. The lowest BCUT2D eigenvalue weighted by Gasteiger charge is -2.19. The Balaban J connectivity index is 1.93. The zero-order valence-electron chi connectivity index (χ0n) is 12.7. The van der Waals surface area contributed by atoms with Crippen molar-refractivity contribution in [1.82, 2.24) is 14.7 Å². The van der Waals surface area contributed by atoms with Gasteiger partial charge in [-0.1, -0.05) is 18.2 Å². The van der Waals surface area contributed by atoms with Crippen molar-refractivity contribution in [2.75, 3.05) is 19.6 Å². The number of aliphatic imine (C=N–C) groups is 1. The summed E-state index contributed by atoms with van der Waals surface area (Å²) in [6, 6.07) is 10.1. The van der Waals surface area contributed by atoms with E-state index in [1.165, 1.54) is 0 Å². The van der Waals surface area contributed by atoms with Gasteiger partial charge in [-0.15, -0.1) is 0 Å². The van der Waals surface area contributed by atoms with Crippen LogP contribution in [-0.4, -0.2) is 40.3 Å². The van der Waals surface area contributed by atoms with Crippen molar-refractivity contribution in [3.8, 4) is 5.69 Å². The second kappa shape index (κ2) is 7.47. The van der Waals surface area contributed by atoms with Gasteiger partial charge in [0.15, 0.2) is 5.96 Å². The van der Waals surface area contributed by atoms with E-state index in [4.69, 9.17) is 5.73 Å². The van der Waals surface area contributed by atoms with Gasteiger partial charge >= 0.3 is 0 Å². The summed E-state index contributed by atoms with van der Waals surface area (Å²) >= 11 is 0. The molecule has 0 bridgehead atoms. The van der Waals surface area contributed by atoms with E-state index in [1.54, 1.807) is 0 Å². The highest BCUT2D eigenvalue weighted by molar-refractivity contribution is 5.77. The number of nitrogens with two attached hydrogens (primary N) is 1. The first kappa shape index (κ1) is 15.1. The second-order valence-electron chi connectivity index (χ2n) is 4.79. The average Bonchev–Trinajstić information content (AvgIpc) is 2.98. The summed E-state index contributed by atoms with van der Waals surface area (Å²) in [7, 11) is 0. The van der Waals surface area contributed by atoms with Crippen LogP contribution in [0.5, 0.6) is 0 Å². The molecule has 0 atom stereocenters. The first-order valence-electron chi connectivity index (χ1n) is 7.38. The molecule has 1 heterocycles. The van der Waals surface area contributed by atoms with Crippen molar-refractivity contribution in [1.29, 1.82) is 0 Å². The molecule has 0 aliphatic carbocycles. The fourth-order valence-corrected chi connectivity index (χ4v) is 2.16. The van der Waals surface area contributed by atoms with E-state index >= 15 is 0 Å². The molecule has 2 rings (SSSR count). The molecule has 2 aromatic rings. The summed E-state index contributed by atoms with van der Waals surface area (Å²) in [5.74, 6) is 0.621. The standard InChI is InChI=1S/C16H23N5/c1-3-20(4-2)16(17)18-11-10-14-12-19-21(13-14)15-8-6-5-7-9-15/h5-9,12-13H,3-4,10-11H2,1-2H3,(H2,17,18). The monoisotopic (exact) mass is 285 g/mol. The van der Waals surface area contributed by atoms with Crippen LogP contribution in [-0.2, 0) is 6.42 Å². The third-order valence-corrected chi connectivity index (χ3v) is 3.42. The maximum atomic E-state index is 5.95. The van der Waals surface area contributed by atoms with Crippen molar-refractivity contribution in [2.45, 2.75) is 20.3 Å². The Morgan fingerprint density at radius 2 is 1.95 bits per heavy atom. The largest absolute Gasteiger partial charge is 0.370 e. The fraction of sp³-hybridized carbons (Fsp3) is 0.375. The predicted molar refractivity (Wildman–Crippen MR) is 86.7 cm³/mol. The van der Waals surface area contributed by atoms with Crippen molar-refractivity contribution in [3.63, 3.8) is 0 Å². The quantitative estimate of drug-likeness (QED) is 0.653. The van der Waals surface area contributed by atoms with Crippen LogP contribution in [0.2, 0.25) is 0 Å². The third-order valence-electron chi connectivity index (χ3n) is 3.42. The Hall–Kier alpha value is -2.30. The van der Waals surface area contributed by atoms with Gasteiger partial charge in [-0.3, -0.25) is 4.99 Å². The van der Waals surface area contributed by atoms with Crippen LogP contribution >= 0.6 is 0 Å². The van der Waals surface area contributed by atoms with E-state index in [2.05, 4.69) is 23.9 Å². The number of benzene rings is 1. The first-order chi connectivity index (χ1) is 10.2. The van der Waals surface area contributed by atoms with Gasteiger partial charge in [0, 0.05) is 25.8 Å². The van der Waals surface area contributed by atoms with Gasteiger partial charge < -0.3 is 10.6 Å².